The Kier molecular flexibility index (Phi) is 5.67. The Hall–Kier alpha value is -3.91. The summed E-state index contributed by atoms with van der Waals surface area (Å²) >= 11 is 1.24. The first-order chi connectivity index (χ1) is 16.5. The number of rotatable bonds is 5. The third kappa shape index (κ3) is 3.86. The van der Waals surface area contributed by atoms with Crippen molar-refractivity contribution < 1.29 is 18.4 Å². The number of thiazole rings is 1. The number of furan rings is 2. The summed E-state index contributed by atoms with van der Waals surface area (Å²) in [5.41, 5.74) is 1.18. The molecular weight excluding hydrogens is 452 g/mol. The molecule has 0 fully saturated rings. The van der Waals surface area contributed by atoms with Crippen molar-refractivity contribution in [3.05, 3.63) is 108 Å². The Morgan fingerprint density at radius 1 is 1.09 bits per heavy atom. The first-order valence-electron chi connectivity index (χ1n) is 10.9. The molecule has 0 aliphatic carbocycles. The second-order valence-electron chi connectivity index (χ2n) is 7.83. The molecule has 1 unspecified atom stereocenters. The molecule has 4 aromatic rings. The van der Waals surface area contributed by atoms with Crippen molar-refractivity contribution in [2.24, 2.45) is 4.99 Å². The van der Waals surface area contributed by atoms with Crippen molar-refractivity contribution in [2.75, 3.05) is 6.61 Å². The Balaban J connectivity index is 1.83. The standard InChI is InChI=1S/C26H22N2O5S/c1-4-31-25(30)21-22(17-8-6-5-7-9-17)27-26-28(23(21)19-13-11-16(3)33-19)24(29)20(34-26)14-18-12-10-15(2)32-18/h5-14,23H,4H2,1-3H3. The van der Waals surface area contributed by atoms with Crippen LogP contribution in [0.15, 0.2) is 78.8 Å². The highest BCUT2D eigenvalue weighted by Crippen LogP contribution is 2.35. The Labute approximate surface area is 198 Å². The van der Waals surface area contributed by atoms with Crippen molar-refractivity contribution in [1.82, 2.24) is 4.57 Å². The number of hydrogen-bond acceptors (Lipinski definition) is 7. The van der Waals surface area contributed by atoms with Crippen LogP contribution in [0.5, 0.6) is 0 Å². The number of aryl methyl sites for hydroxylation is 2. The number of aromatic nitrogens is 1. The van der Waals surface area contributed by atoms with E-state index in [0.29, 0.717) is 32.3 Å². The predicted molar refractivity (Wildman–Crippen MR) is 128 cm³/mol. The highest BCUT2D eigenvalue weighted by atomic mass is 32.1. The fraction of sp³-hybridized carbons (Fsp3) is 0.192. The number of ether oxygens (including phenoxy) is 1. The Morgan fingerprint density at radius 3 is 2.47 bits per heavy atom. The molecule has 0 amide bonds. The van der Waals surface area contributed by atoms with Crippen LogP contribution in [-0.2, 0) is 9.53 Å². The molecule has 0 saturated carbocycles. The van der Waals surface area contributed by atoms with E-state index in [1.54, 1.807) is 25.1 Å². The Bertz CT molecular complexity index is 1580. The van der Waals surface area contributed by atoms with Crippen molar-refractivity contribution in [1.29, 1.82) is 0 Å². The smallest absolute Gasteiger partial charge is 0.338 e. The van der Waals surface area contributed by atoms with Gasteiger partial charge in [0.2, 0.25) is 0 Å². The maximum absolute atomic E-state index is 13.6. The number of nitrogens with zero attached hydrogens (tertiary/aromatic N) is 2. The lowest BCUT2D eigenvalue weighted by Crippen LogP contribution is -2.39. The molecule has 1 aliphatic rings. The van der Waals surface area contributed by atoms with Crippen LogP contribution in [0.25, 0.3) is 11.8 Å². The quantitative estimate of drug-likeness (QED) is 0.411. The maximum Gasteiger partial charge on any atom is 0.338 e. The van der Waals surface area contributed by atoms with Crippen LogP contribution in [0.2, 0.25) is 0 Å². The molecule has 7 nitrogen and oxygen atoms in total. The molecule has 172 valence electrons. The topological polar surface area (TPSA) is 86.9 Å². The molecule has 34 heavy (non-hydrogen) atoms. The predicted octanol–water partition coefficient (Wildman–Crippen LogP) is 3.74. The minimum absolute atomic E-state index is 0.191. The number of fused-ring (bicyclic) bond motifs is 1. The van der Waals surface area contributed by atoms with Gasteiger partial charge in [0.15, 0.2) is 4.80 Å². The van der Waals surface area contributed by atoms with Crippen LogP contribution < -0.4 is 14.9 Å². The second kappa shape index (κ2) is 8.79. The molecule has 0 spiro atoms. The highest BCUT2D eigenvalue weighted by Gasteiger charge is 2.37. The van der Waals surface area contributed by atoms with Gasteiger partial charge in [-0.2, -0.15) is 0 Å². The summed E-state index contributed by atoms with van der Waals surface area (Å²) < 4.78 is 18.9. The average molecular weight is 475 g/mol. The van der Waals surface area contributed by atoms with Gasteiger partial charge in [-0.3, -0.25) is 9.36 Å². The van der Waals surface area contributed by atoms with Gasteiger partial charge >= 0.3 is 5.97 Å². The lowest BCUT2D eigenvalue weighted by atomic mass is 9.97. The van der Waals surface area contributed by atoms with Gasteiger partial charge in [0.25, 0.3) is 5.56 Å². The third-order valence-electron chi connectivity index (χ3n) is 5.44. The largest absolute Gasteiger partial charge is 0.464 e. The first kappa shape index (κ1) is 21.9. The summed E-state index contributed by atoms with van der Waals surface area (Å²) in [5, 5.41) is 0. The molecule has 4 heterocycles. The second-order valence-corrected chi connectivity index (χ2v) is 8.84. The zero-order valence-corrected chi connectivity index (χ0v) is 19.7. The van der Waals surface area contributed by atoms with Gasteiger partial charge in [-0.25, -0.2) is 9.79 Å². The van der Waals surface area contributed by atoms with E-state index < -0.39 is 12.0 Å². The van der Waals surface area contributed by atoms with Crippen LogP contribution in [0.1, 0.15) is 41.6 Å². The summed E-state index contributed by atoms with van der Waals surface area (Å²) in [7, 11) is 0. The van der Waals surface area contributed by atoms with E-state index in [1.165, 1.54) is 15.9 Å². The van der Waals surface area contributed by atoms with E-state index in [2.05, 4.69) is 0 Å². The van der Waals surface area contributed by atoms with Gasteiger partial charge in [-0.15, -0.1) is 0 Å². The zero-order chi connectivity index (χ0) is 23.8. The molecule has 1 aliphatic heterocycles. The average Bonchev–Trinajstić information content (AvgIpc) is 3.53. The molecule has 3 aromatic heterocycles. The van der Waals surface area contributed by atoms with Crippen LogP contribution in [0.3, 0.4) is 0 Å². The van der Waals surface area contributed by atoms with Crippen molar-refractivity contribution in [3.8, 4) is 0 Å². The summed E-state index contributed by atoms with van der Waals surface area (Å²) in [4.78, 5) is 32.1. The first-order valence-corrected chi connectivity index (χ1v) is 11.7. The van der Waals surface area contributed by atoms with Gasteiger partial charge in [-0.1, -0.05) is 41.7 Å². The number of esters is 1. The van der Waals surface area contributed by atoms with E-state index in [1.807, 2.05) is 56.3 Å². The van der Waals surface area contributed by atoms with Gasteiger partial charge in [0, 0.05) is 11.6 Å². The summed E-state index contributed by atoms with van der Waals surface area (Å²) in [6.45, 7) is 5.60. The molecule has 5 rings (SSSR count). The Morgan fingerprint density at radius 2 is 1.82 bits per heavy atom. The fourth-order valence-electron chi connectivity index (χ4n) is 3.97. The molecule has 1 atom stereocenters. The number of hydrogen-bond donors (Lipinski definition) is 0. The molecule has 0 N–H and O–H groups in total. The van der Waals surface area contributed by atoms with E-state index in [-0.39, 0.29) is 17.7 Å². The van der Waals surface area contributed by atoms with Crippen LogP contribution >= 0.6 is 11.3 Å². The highest BCUT2D eigenvalue weighted by molar-refractivity contribution is 7.07. The normalized spacial score (nSPS) is 15.9. The molecule has 8 heteroatoms. The minimum atomic E-state index is -0.820. The van der Waals surface area contributed by atoms with E-state index in [4.69, 9.17) is 18.6 Å². The fourth-order valence-corrected chi connectivity index (χ4v) is 4.95. The van der Waals surface area contributed by atoms with Gasteiger partial charge in [0.1, 0.15) is 29.1 Å². The molecule has 0 saturated heterocycles. The van der Waals surface area contributed by atoms with Crippen LogP contribution in [-0.4, -0.2) is 17.1 Å². The van der Waals surface area contributed by atoms with E-state index in [9.17, 15) is 9.59 Å². The maximum atomic E-state index is 13.6. The molecule has 0 radical (unpaired) electrons. The number of benzene rings is 1. The zero-order valence-electron chi connectivity index (χ0n) is 18.9. The number of carbonyl (C=O) groups is 1. The monoisotopic (exact) mass is 474 g/mol. The third-order valence-corrected chi connectivity index (χ3v) is 6.42. The van der Waals surface area contributed by atoms with Crippen molar-refractivity contribution in [2.45, 2.75) is 26.8 Å². The van der Waals surface area contributed by atoms with Crippen molar-refractivity contribution in [3.63, 3.8) is 0 Å². The van der Waals surface area contributed by atoms with Crippen LogP contribution in [0.4, 0.5) is 0 Å². The molecule has 0 bridgehead atoms. The lowest BCUT2D eigenvalue weighted by molar-refractivity contribution is -0.139. The summed E-state index contributed by atoms with van der Waals surface area (Å²) in [5.74, 6) is 1.91. The number of carbonyl (C=O) groups excluding carboxylic acids is 1. The van der Waals surface area contributed by atoms with Crippen molar-refractivity contribution >= 4 is 29.1 Å². The summed E-state index contributed by atoms with van der Waals surface area (Å²) in [6.07, 6.45) is 1.69. The van der Waals surface area contributed by atoms with Gasteiger partial charge < -0.3 is 13.6 Å². The lowest BCUT2D eigenvalue weighted by Gasteiger charge is -2.24. The van der Waals surface area contributed by atoms with Gasteiger partial charge in [0.05, 0.1) is 22.4 Å². The van der Waals surface area contributed by atoms with E-state index in [0.717, 1.165) is 11.3 Å². The van der Waals surface area contributed by atoms with E-state index >= 15 is 0 Å². The van der Waals surface area contributed by atoms with Crippen LogP contribution in [0, 0.1) is 13.8 Å². The SMILES string of the molecule is CCOC(=O)C1=C(c2ccccc2)N=c2sc(=Cc3ccc(C)o3)c(=O)n2C1c1ccc(C)o1. The minimum Gasteiger partial charge on any atom is -0.464 e. The van der Waals surface area contributed by atoms with Gasteiger partial charge in [-0.05, 0) is 45.0 Å². The summed E-state index contributed by atoms with van der Waals surface area (Å²) in [6, 6.07) is 15.8. The molecular formula is C26H22N2O5S. The molecule has 1 aromatic carbocycles.